The van der Waals surface area contributed by atoms with Gasteiger partial charge in [0, 0.05) is 12.5 Å². The Labute approximate surface area is 101 Å². The maximum Gasteiger partial charge on any atom is 0.291 e. The van der Waals surface area contributed by atoms with E-state index in [0.29, 0.717) is 0 Å². The highest BCUT2D eigenvalue weighted by atomic mass is 16.2. The van der Waals surface area contributed by atoms with Gasteiger partial charge in [-0.25, -0.2) is 4.98 Å². The molecule has 0 spiro atoms. The highest BCUT2D eigenvalue weighted by Crippen LogP contribution is 2.37. The van der Waals surface area contributed by atoms with Crippen molar-refractivity contribution in [2.75, 3.05) is 0 Å². The van der Waals surface area contributed by atoms with Gasteiger partial charge in [0.15, 0.2) is 0 Å². The fraction of sp³-hybridized carbons (Fsp3) is 0.750. The number of rotatable bonds is 3. The number of aryl methyl sites for hydroxylation is 1. The second kappa shape index (κ2) is 4.47. The molecule has 5 nitrogen and oxygen atoms in total. The van der Waals surface area contributed by atoms with Gasteiger partial charge in [-0.15, -0.1) is 5.10 Å². The van der Waals surface area contributed by atoms with Crippen LogP contribution < -0.4 is 5.32 Å². The lowest BCUT2D eigenvalue weighted by Crippen LogP contribution is -2.41. The zero-order valence-electron chi connectivity index (χ0n) is 10.7. The van der Waals surface area contributed by atoms with Gasteiger partial charge in [-0.05, 0) is 18.3 Å². The van der Waals surface area contributed by atoms with Crippen LogP contribution in [0, 0.1) is 5.41 Å². The highest BCUT2D eigenvalue weighted by molar-refractivity contribution is 5.90. The van der Waals surface area contributed by atoms with Crippen molar-refractivity contribution in [2.24, 2.45) is 5.41 Å². The molecular formula is C12H20N4O. The first-order valence-electron chi connectivity index (χ1n) is 6.25. The third kappa shape index (κ3) is 2.48. The van der Waals surface area contributed by atoms with Gasteiger partial charge >= 0.3 is 0 Å². The van der Waals surface area contributed by atoms with Gasteiger partial charge in [0.25, 0.3) is 5.91 Å². The SMILES string of the molecule is CCc1nc(C(=O)NC2CCCC2(C)C)n[nH]1. The Morgan fingerprint density at radius 1 is 1.59 bits per heavy atom. The minimum Gasteiger partial charge on any atom is -0.346 e. The molecule has 2 rings (SSSR count). The van der Waals surface area contributed by atoms with Crippen LogP contribution in [0.3, 0.4) is 0 Å². The van der Waals surface area contributed by atoms with Crippen LogP contribution in [0.15, 0.2) is 0 Å². The van der Waals surface area contributed by atoms with Crippen LogP contribution in [0.4, 0.5) is 0 Å². The molecule has 1 aromatic rings. The van der Waals surface area contributed by atoms with Gasteiger partial charge < -0.3 is 5.32 Å². The molecule has 0 bridgehead atoms. The van der Waals surface area contributed by atoms with Crippen molar-refractivity contribution < 1.29 is 4.79 Å². The third-order valence-electron chi connectivity index (χ3n) is 3.63. The van der Waals surface area contributed by atoms with E-state index in [-0.39, 0.29) is 23.2 Å². The maximum atomic E-state index is 12.0. The molecule has 0 saturated heterocycles. The van der Waals surface area contributed by atoms with Crippen molar-refractivity contribution in [2.45, 2.75) is 52.5 Å². The lowest BCUT2D eigenvalue weighted by atomic mass is 9.87. The van der Waals surface area contributed by atoms with E-state index in [1.165, 1.54) is 6.42 Å². The Hall–Kier alpha value is -1.39. The Bertz CT molecular complexity index is 410. The molecule has 5 heteroatoms. The van der Waals surface area contributed by atoms with E-state index in [1.54, 1.807) is 0 Å². The molecule has 1 amide bonds. The quantitative estimate of drug-likeness (QED) is 0.838. The Morgan fingerprint density at radius 3 is 2.88 bits per heavy atom. The van der Waals surface area contributed by atoms with Crippen molar-refractivity contribution in [3.8, 4) is 0 Å². The molecule has 17 heavy (non-hydrogen) atoms. The predicted octanol–water partition coefficient (Wildman–Crippen LogP) is 1.68. The highest BCUT2D eigenvalue weighted by Gasteiger charge is 2.35. The van der Waals surface area contributed by atoms with E-state index in [2.05, 4.69) is 34.3 Å². The van der Waals surface area contributed by atoms with E-state index in [4.69, 9.17) is 0 Å². The lowest BCUT2D eigenvalue weighted by molar-refractivity contribution is 0.0899. The van der Waals surface area contributed by atoms with Gasteiger partial charge in [0.2, 0.25) is 5.82 Å². The number of hydrogen-bond donors (Lipinski definition) is 2. The van der Waals surface area contributed by atoms with Crippen LogP contribution in [0.5, 0.6) is 0 Å². The fourth-order valence-electron chi connectivity index (χ4n) is 2.37. The molecule has 1 aliphatic carbocycles. The number of nitrogens with one attached hydrogen (secondary N) is 2. The van der Waals surface area contributed by atoms with Crippen LogP contribution >= 0.6 is 0 Å². The zero-order valence-corrected chi connectivity index (χ0v) is 10.7. The van der Waals surface area contributed by atoms with Crippen molar-refractivity contribution >= 4 is 5.91 Å². The molecule has 1 saturated carbocycles. The number of carbonyl (C=O) groups is 1. The summed E-state index contributed by atoms with van der Waals surface area (Å²) in [6, 6.07) is 0.235. The van der Waals surface area contributed by atoms with Crippen molar-refractivity contribution in [3.05, 3.63) is 11.6 Å². The van der Waals surface area contributed by atoms with E-state index in [1.807, 2.05) is 6.92 Å². The van der Waals surface area contributed by atoms with Crippen LogP contribution in [0.25, 0.3) is 0 Å². The number of H-pyrrole nitrogens is 1. The van der Waals surface area contributed by atoms with Crippen LogP contribution in [0.1, 0.15) is 56.5 Å². The second-order valence-electron chi connectivity index (χ2n) is 5.37. The molecule has 0 aromatic carbocycles. The number of hydrogen-bond acceptors (Lipinski definition) is 3. The van der Waals surface area contributed by atoms with Gasteiger partial charge in [-0.3, -0.25) is 9.89 Å². The molecule has 0 radical (unpaired) electrons. The first-order valence-corrected chi connectivity index (χ1v) is 6.25. The number of amides is 1. The van der Waals surface area contributed by atoms with Crippen LogP contribution in [-0.4, -0.2) is 27.1 Å². The van der Waals surface area contributed by atoms with Gasteiger partial charge in [0.1, 0.15) is 5.82 Å². The first-order chi connectivity index (χ1) is 8.03. The summed E-state index contributed by atoms with van der Waals surface area (Å²) >= 11 is 0. The normalized spacial score (nSPS) is 22.6. The Kier molecular flexibility index (Phi) is 3.17. The largest absolute Gasteiger partial charge is 0.346 e. The molecule has 1 heterocycles. The summed E-state index contributed by atoms with van der Waals surface area (Å²) in [7, 11) is 0. The molecule has 1 aliphatic rings. The molecule has 1 atom stereocenters. The third-order valence-corrected chi connectivity index (χ3v) is 3.63. The summed E-state index contributed by atoms with van der Waals surface area (Å²) in [4.78, 5) is 16.1. The van der Waals surface area contributed by atoms with Crippen LogP contribution in [0.2, 0.25) is 0 Å². The average molecular weight is 236 g/mol. The monoisotopic (exact) mass is 236 g/mol. The average Bonchev–Trinajstić information content (AvgIpc) is 2.86. The summed E-state index contributed by atoms with van der Waals surface area (Å²) in [5.41, 5.74) is 0.180. The molecule has 1 aromatic heterocycles. The molecule has 1 fully saturated rings. The van der Waals surface area contributed by atoms with Gasteiger partial charge in [0.05, 0.1) is 0 Å². The van der Waals surface area contributed by atoms with E-state index < -0.39 is 0 Å². The summed E-state index contributed by atoms with van der Waals surface area (Å²) in [5, 5.41) is 9.73. The Morgan fingerprint density at radius 2 is 2.35 bits per heavy atom. The molecule has 94 valence electrons. The second-order valence-corrected chi connectivity index (χ2v) is 5.37. The lowest BCUT2D eigenvalue weighted by Gasteiger charge is -2.27. The topological polar surface area (TPSA) is 70.7 Å². The van der Waals surface area contributed by atoms with Crippen molar-refractivity contribution in [1.82, 2.24) is 20.5 Å². The van der Waals surface area contributed by atoms with Gasteiger partial charge in [-0.2, -0.15) is 0 Å². The van der Waals surface area contributed by atoms with Crippen LogP contribution in [-0.2, 0) is 6.42 Å². The summed E-state index contributed by atoms with van der Waals surface area (Å²) < 4.78 is 0. The molecule has 1 unspecified atom stereocenters. The van der Waals surface area contributed by atoms with E-state index in [9.17, 15) is 4.79 Å². The van der Waals surface area contributed by atoms with Crippen molar-refractivity contribution in [3.63, 3.8) is 0 Å². The molecule has 0 aliphatic heterocycles. The van der Waals surface area contributed by atoms with Crippen molar-refractivity contribution in [1.29, 1.82) is 0 Å². The zero-order chi connectivity index (χ0) is 12.5. The standard InChI is InChI=1S/C12H20N4O/c1-4-9-14-10(16-15-9)11(17)13-8-6-5-7-12(8,2)3/h8H,4-7H2,1-3H3,(H,13,17)(H,14,15,16). The maximum absolute atomic E-state index is 12.0. The van der Waals surface area contributed by atoms with E-state index in [0.717, 1.165) is 25.1 Å². The number of aromatic amines is 1. The molecule has 2 N–H and O–H groups in total. The summed E-state index contributed by atoms with van der Waals surface area (Å²) in [6.07, 6.45) is 4.14. The predicted molar refractivity (Wildman–Crippen MR) is 64.6 cm³/mol. The molecular weight excluding hydrogens is 216 g/mol. The smallest absolute Gasteiger partial charge is 0.291 e. The number of nitrogens with zero attached hydrogens (tertiary/aromatic N) is 2. The first kappa shape index (κ1) is 12.1. The summed E-state index contributed by atoms with van der Waals surface area (Å²) in [6.45, 7) is 6.36. The Balaban J connectivity index is 2.02. The minimum atomic E-state index is -0.166. The number of carbonyl (C=O) groups excluding carboxylic acids is 1. The van der Waals surface area contributed by atoms with E-state index >= 15 is 0 Å². The minimum absolute atomic E-state index is 0.166. The van der Waals surface area contributed by atoms with Gasteiger partial charge in [-0.1, -0.05) is 27.2 Å². The summed E-state index contributed by atoms with van der Waals surface area (Å²) in [5.74, 6) is 0.839. The fourth-order valence-corrected chi connectivity index (χ4v) is 2.37. The number of aromatic nitrogens is 3.